The van der Waals surface area contributed by atoms with Gasteiger partial charge in [-0.2, -0.15) is 0 Å². The number of rotatable bonds is 8. The maximum atomic E-state index is 12.9. The number of nitrogens with two attached hydrogens (primary N) is 1. The highest BCUT2D eigenvalue weighted by Gasteiger charge is 2.28. The monoisotopic (exact) mass is 476 g/mol. The Hall–Kier alpha value is -3.68. The number of carbonyl (C=O) groups excluding carboxylic acids is 2. The Labute approximate surface area is 207 Å². The third-order valence-corrected chi connectivity index (χ3v) is 6.19. The molecule has 1 aromatic heterocycles. The molecule has 0 bridgehead atoms. The van der Waals surface area contributed by atoms with Crippen LogP contribution in [0.15, 0.2) is 65.6 Å². The van der Waals surface area contributed by atoms with Gasteiger partial charge in [0.25, 0.3) is 0 Å². The molecular formula is C27H36N6O2. The van der Waals surface area contributed by atoms with Crippen molar-refractivity contribution < 1.29 is 9.59 Å². The van der Waals surface area contributed by atoms with Gasteiger partial charge in [0.05, 0.1) is 11.4 Å². The van der Waals surface area contributed by atoms with Gasteiger partial charge in [0.1, 0.15) is 0 Å². The molecule has 35 heavy (non-hydrogen) atoms. The molecule has 1 aliphatic rings. The first kappa shape index (κ1) is 25.9. The van der Waals surface area contributed by atoms with Crippen molar-refractivity contribution in [1.29, 1.82) is 0 Å². The summed E-state index contributed by atoms with van der Waals surface area (Å²) in [5.74, 6) is 0.958. The fourth-order valence-electron chi connectivity index (χ4n) is 4.19. The standard InChI is InChI=1S/C27H36N6O2/c1-19(2)26(31-25-7-5-6-14-29-25)24(17-28)30-23-10-8-21(9-11-23)18-32(4)27(35)22-12-15-33(16-13-22)20(3)34/h5-11,14,17,19,22,30H,12-13,15-16,18,28H2,1-4H3/b24-17+,31-26+. The van der Waals surface area contributed by atoms with Crippen molar-refractivity contribution in [2.45, 2.75) is 40.2 Å². The van der Waals surface area contributed by atoms with Crippen molar-refractivity contribution in [2.24, 2.45) is 22.6 Å². The fraction of sp³-hybridized carbons (Fsp3) is 0.407. The normalized spacial score (nSPS) is 15.3. The summed E-state index contributed by atoms with van der Waals surface area (Å²) in [6.07, 6.45) is 4.68. The van der Waals surface area contributed by atoms with E-state index >= 15 is 0 Å². The van der Waals surface area contributed by atoms with Gasteiger partial charge in [-0.25, -0.2) is 9.98 Å². The van der Waals surface area contributed by atoms with Crippen LogP contribution in [0.1, 0.15) is 39.2 Å². The third kappa shape index (κ3) is 7.15. The van der Waals surface area contributed by atoms with E-state index in [1.165, 1.54) is 6.20 Å². The molecule has 0 spiro atoms. The average molecular weight is 477 g/mol. The Morgan fingerprint density at radius 3 is 2.43 bits per heavy atom. The van der Waals surface area contributed by atoms with Gasteiger partial charge >= 0.3 is 0 Å². The van der Waals surface area contributed by atoms with Gasteiger partial charge in [0, 0.05) is 57.6 Å². The zero-order valence-electron chi connectivity index (χ0n) is 21.1. The van der Waals surface area contributed by atoms with E-state index in [1.807, 2.05) is 54.4 Å². The summed E-state index contributed by atoms with van der Waals surface area (Å²) < 4.78 is 0. The summed E-state index contributed by atoms with van der Waals surface area (Å²) in [4.78, 5) is 37.0. The van der Waals surface area contributed by atoms with Gasteiger partial charge in [-0.1, -0.05) is 32.0 Å². The first-order chi connectivity index (χ1) is 16.8. The minimum atomic E-state index is -0.0263. The molecule has 1 aromatic carbocycles. The number of allylic oxidation sites excluding steroid dienone is 1. The molecule has 8 nitrogen and oxygen atoms in total. The van der Waals surface area contributed by atoms with E-state index in [1.54, 1.807) is 18.0 Å². The van der Waals surface area contributed by atoms with Crippen molar-refractivity contribution in [2.75, 3.05) is 25.5 Å². The molecule has 1 aliphatic heterocycles. The Balaban J connectivity index is 1.61. The summed E-state index contributed by atoms with van der Waals surface area (Å²) in [6.45, 7) is 7.54. The maximum absolute atomic E-state index is 12.9. The lowest BCUT2D eigenvalue weighted by Crippen LogP contribution is -2.42. The number of aromatic nitrogens is 1. The minimum Gasteiger partial charge on any atom is -0.403 e. The van der Waals surface area contributed by atoms with E-state index in [2.05, 4.69) is 29.1 Å². The molecule has 3 rings (SSSR count). The molecule has 0 atom stereocenters. The van der Waals surface area contributed by atoms with E-state index in [-0.39, 0.29) is 23.7 Å². The number of nitrogens with zero attached hydrogens (tertiary/aromatic N) is 4. The van der Waals surface area contributed by atoms with Crippen LogP contribution in [0, 0.1) is 11.8 Å². The SMILES string of the molecule is CC(=O)N1CCC(C(=O)N(C)Cc2ccc(NC(=C/N)/C(=N/c3ccccn3)C(C)C)cc2)CC1. The first-order valence-electron chi connectivity index (χ1n) is 12.1. The molecule has 0 unspecified atom stereocenters. The summed E-state index contributed by atoms with van der Waals surface area (Å²) in [5.41, 5.74) is 9.41. The Morgan fingerprint density at radius 1 is 1.20 bits per heavy atom. The summed E-state index contributed by atoms with van der Waals surface area (Å²) in [6, 6.07) is 13.6. The van der Waals surface area contributed by atoms with Crippen molar-refractivity contribution in [3.05, 3.63) is 66.1 Å². The zero-order valence-corrected chi connectivity index (χ0v) is 21.1. The van der Waals surface area contributed by atoms with Crippen LogP contribution in [0.25, 0.3) is 0 Å². The molecule has 0 saturated carbocycles. The largest absolute Gasteiger partial charge is 0.403 e. The lowest BCUT2D eigenvalue weighted by atomic mass is 9.95. The number of piperidine rings is 1. The number of likely N-dealkylation sites (tertiary alicyclic amines) is 1. The molecule has 3 N–H and O–H groups in total. The number of nitrogens with one attached hydrogen (secondary N) is 1. The second kappa shape index (κ2) is 12.1. The van der Waals surface area contributed by atoms with Crippen LogP contribution in [0.3, 0.4) is 0 Å². The quantitative estimate of drug-likeness (QED) is 0.562. The van der Waals surface area contributed by atoms with Crippen molar-refractivity contribution >= 4 is 29.0 Å². The Morgan fingerprint density at radius 2 is 1.89 bits per heavy atom. The number of hydrogen-bond acceptors (Lipinski definition) is 6. The van der Waals surface area contributed by atoms with Crippen LogP contribution < -0.4 is 11.1 Å². The first-order valence-corrected chi connectivity index (χ1v) is 12.1. The van der Waals surface area contributed by atoms with E-state index in [9.17, 15) is 9.59 Å². The van der Waals surface area contributed by atoms with Gasteiger partial charge < -0.3 is 20.9 Å². The van der Waals surface area contributed by atoms with E-state index in [4.69, 9.17) is 5.73 Å². The van der Waals surface area contributed by atoms with E-state index in [0.717, 1.165) is 35.5 Å². The highest BCUT2D eigenvalue weighted by Crippen LogP contribution is 2.22. The number of hydrogen-bond donors (Lipinski definition) is 2. The minimum absolute atomic E-state index is 0.0263. The van der Waals surface area contributed by atoms with Crippen molar-refractivity contribution in [1.82, 2.24) is 14.8 Å². The highest BCUT2D eigenvalue weighted by molar-refractivity contribution is 6.04. The molecule has 2 amide bonds. The number of pyridine rings is 1. The molecule has 0 aliphatic carbocycles. The second-order valence-corrected chi connectivity index (χ2v) is 9.22. The van der Waals surface area contributed by atoms with E-state index in [0.29, 0.717) is 25.5 Å². The molecule has 8 heteroatoms. The summed E-state index contributed by atoms with van der Waals surface area (Å²) >= 11 is 0. The fourth-order valence-corrected chi connectivity index (χ4v) is 4.19. The topological polar surface area (TPSA) is 104 Å². The third-order valence-electron chi connectivity index (χ3n) is 6.19. The average Bonchev–Trinajstić information content (AvgIpc) is 2.87. The van der Waals surface area contributed by atoms with Gasteiger partial charge in [-0.05, 0) is 48.6 Å². The van der Waals surface area contributed by atoms with E-state index < -0.39 is 0 Å². The molecule has 1 saturated heterocycles. The summed E-state index contributed by atoms with van der Waals surface area (Å²) in [5, 5.41) is 3.36. The lowest BCUT2D eigenvalue weighted by molar-refractivity contribution is -0.139. The van der Waals surface area contributed by atoms with Crippen LogP contribution >= 0.6 is 0 Å². The number of carbonyl (C=O) groups is 2. The zero-order chi connectivity index (χ0) is 25.4. The van der Waals surface area contributed by atoms with Crippen LogP contribution in [0.4, 0.5) is 11.5 Å². The number of anilines is 1. The smallest absolute Gasteiger partial charge is 0.225 e. The predicted octanol–water partition coefficient (Wildman–Crippen LogP) is 3.94. The molecule has 0 radical (unpaired) electrons. The second-order valence-electron chi connectivity index (χ2n) is 9.22. The Bertz CT molecular complexity index is 1050. The Kier molecular flexibility index (Phi) is 9.00. The number of amides is 2. The molecule has 1 fully saturated rings. The van der Waals surface area contributed by atoms with Crippen molar-refractivity contribution in [3.8, 4) is 0 Å². The molecule has 2 heterocycles. The van der Waals surface area contributed by atoms with Crippen LogP contribution in [-0.4, -0.2) is 52.4 Å². The highest BCUT2D eigenvalue weighted by atomic mass is 16.2. The number of aliphatic imine (C=N–C) groups is 1. The van der Waals surface area contributed by atoms with Gasteiger partial charge in [-0.3, -0.25) is 9.59 Å². The summed E-state index contributed by atoms with van der Waals surface area (Å²) in [7, 11) is 1.84. The van der Waals surface area contributed by atoms with Gasteiger partial charge in [0.15, 0.2) is 5.82 Å². The molecular weight excluding hydrogens is 440 g/mol. The van der Waals surface area contributed by atoms with Gasteiger partial charge in [0.2, 0.25) is 11.8 Å². The van der Waals surface area contributed by atoms with Crippen LogP contribution in [0.5, 0.6) is 0 Å². The van der Waals surface area contributed by atoms with Crippen LogP contribution in [-0.2, 0) is 16.1 Å². The predicted molar refractivity (Wildman–Crippen MR) is 140 cm³/mol. The lowest BCUT2D eigenvalue weighted by Gasteiger charge is -2.32. The van der Waals surface area contributed by atoms with Gasteiger partial charge in [-0.15, -0.1) is 0 Å². The molecule has 2 aromatic rings. The maximum Gasteiger partial charge on any atom is 0.225 e. The number of benzene rings is 1. The van der Waals surface area contributed by atoms with Crippen LogP contribution in [0.2, 0.25) is 0 Å². The molecule has 186 valence electrons. The van der Waals surface area contributed by atoms with Crippen molar-refractivity contribution in [3.63, 3.8) is 0 Å².